The molecule has 45 heavy (non-hydrogen) atoms. The maximum atomic E-state index is 11.5. The van der Waals surface area contributed by atoms with E-state index in [1.807, 2.05) is 0 Å². The summed E-state index contributed by atoms with van der Waals surface area (Å²) in [6.45, 7) is 10.4. The average molecular weight is 633 g/mol. The molecule has 13 heteroatoms. The summed E-state index contributed by atoms with van der Waals surface area (Å²) in [5, 5.41) is 26.7. The minimum Gasteiger partial charge on any atom is -0.481 e. The fourth-order valence-corrected chi connectivity index (χ4v) is 4.11. The van der Waals surface area contributed by atoms with Crippen molar-refractivity contribution in [3.8, 4) is 0 Å². The summed E-state index contributed by atoms with van der Waals surface area (Å²) in [7, 11) is 0. The van der Waals surface area contributed by atoms with Gasteiger partial charge in [0, 0.05) is 17.6 Å². The van der Waals surface area contributed by atoms with Gasteiger partial charge in [-0.25, -0.2) is 24.0 Å². The monoisotopic (exact) mass is 632 g/mol. The van der Waals surface area contributed by atoms with E-state index in [1.54, 1.807) is 6.92 Å². The summed E-state index contributed by atoms with van der Waals surface area (Å²) < 4.78 is 14.3. The Morgan fingerprint density at radius 3 is 1.62 bits per heavy atom. The Hall–Kier alpha value is -4.81. The first kappa shape index (κ1) is 38.2. The molecule has 0 spiro atoms. The number of fused-ring (bicyclic) bond motifs is 1. The van der Waals surface area contributed by atoms with Crippen molar-refractivity contribution in [3.05, 3.63) is 58.7 Å². The zero-order valence-corrected chi connectivity index (χ0v) is 25.6. The van der Waals surface area contributed by atoms with Crippen molar-refractivity contribution in [2.45, 2.75) is 78.1 Å². The Labute approximate surface area is 260 Å². The summed E-state index contributed by atoms with van der Waals surface area (Å²) in [5.74, 6) is -7.68. The highest BCUT2D eigenvalue weighted by Crippen LogP contribution is 2.25. The number of cyclic esters (lactones) is 2. The molecule has 0 saturated heterocycles. The van der Waals surface area contributed by atoms with E-state index >= 15 is 0 Å². The topological polar surface area (TPSA) is 208 Å². The number of rotatable bonds is 19. The van der Waals surface area contributed by atoms with Crippen LogP contribution in [-0.2, 0) is 39.8 Å². The lowest BCUT2D eigenvalue weighted by Gasteiger charge is -2.08. The maximum Gasteiger partial charge on any atom is 0.346 e. The lowest BCUT2D eigenvalue weighted by Crippen LogP contribution is -2.23. The van der Waals surface area contributed by atoms with Gasteiger partial charge in [-0.15, -0.1) is 0 Å². The van der Waals surface area contributed by atoms with Gasteiger partial charge in [-0.1, -0.05) is 58.1 Å². The predicted molar refractivity (Wildman–Crippen MR) is 159 cm³/mol. The van der Waals surface area contributed by atoms with Gasteiger partial charge in [-0.3, -0.25) is 9.59 Å². The average Bonchev–Trinajstić information content (AvgIpc) is 3.24. The highest BCUT2D eigenvalue weighted by molar-refractivity contribution is 6.15. The van der Waals surface area contributed by atoms with Crippen LogP contribution < -0.4 is 0 Å². The van der Waals surface area contributed by atoms with Crippen LogP contribution in [0.2, 0.25) is 0 Å². The van der Waals surface area contributed by atoms with Crippen LogP contribution in [0.5, 0.6) is 0 Å². The Morgan fingerprint density at radius 1 is 0.711 bits per heavy atom. The van der Waals surface area contributed by atoms with Crippen molar-refractivity contribution >= 4 is 41.8 Å². The van der Waals surface area contributed by atoms with Crippen molar-refractivity contribution in [1.82, 2.24) is 0 Å². The van der Waals surface area contributed by atoms with Crippen molar-refractivity contribution in [3.63, 3.8) is 0 Å². The van der Waals surface area contributed by atoms with Gasteiger partial charge in [0.15, 0.2) is 5.92 Å². The summed E-state index contributed by atoms with van der Waals surface area (Å²) in [4.78, 5) is 78.0. The zero-order valence-electron chi connectivity index (χ0n) is 25.6. The minimum atomic E-state index is -1.28. The Balaban J connectivity index is 0.000000450. The van der Waals surface area contributed by atoms with E-state index in [1.165, 1.54) is 13.0 Å². The molecule has 1 aliphatic heterocycles. The van der Waals surface area contributed by atoms with Crippen molar-refractivity contribution in [1.29, 1.82) is 0 Å². The van der Waals surface area contributed by atoms with E-state index in [9.17, 15) is 38.7 Å². The van der Waals surface area contributed by atoms with Gasteiger partial charge in [0.1, 0.15) is 0 Å². The Kier molecular flexibility index (Phi) is 16.5. The third kappa shape index (κ3) is 13.6. The quantitative estimate of drug-likeness (QED) is 0.0619. The minimum absolute atomic E-state index is 0.0104. The SMILES string of the molecule is C=C(C)C(=O)OCCCCCCCCCCC(C(=O)O)C(=O)O.C=C(C)C(=O)OCCc1cc2c(cc1C(=O)O)C(=O)OC2=O. The predicted octanol–water partition coefficient (Wildman–Crippen LogP) is 4.76. The number of ether oxygens (including phenoxy) is 3. The summed E-state index contributed by atoms with van der Waals surface area (Å²) >= 11 is 0. The summed E-state index contributed by atoms with van der Waals surface area (Å²) in [6, 6.07) is 2.38. The van der Waals surface area contributed by atoms with E-state index in [4.69, 9.17) is 19.7 Å². The first-order chi connectivity index (χ1) is 21.2. The number of unbranched alkanes of at least 4 members (excludes halogenated alkanes) is 7. The van der Waals surface area contributed by atoms with Crippen LogP contribution in [0, 0.1) is 5.92 Å². The number of carboxylic acids is 3. The number of esters is 4. The van der Waals surface area contributed by atoms with Crippen molar-refractivity contribution in [2.75, 3.05) is 13.2 Å². The van der Waals surface area contributed by atoms with Crippen LogP contribution in [0.4, 0.5) is 0 Å². The molecule has 246 valence electrons. The molecule has 13 nitrogen and oxygen atoms in total. The second-order valence-corrected chi connectivity index (χ2v) is 10.5. The third-order valence-electron chi connectivity index (χ3n) is 6.62. The fraction of sp³-hybridized carbons (Fsp3) is 0.469. The molecule has 0 atom stereocenters. The lowest BCUT2D eigenvalue weighted by atomic mass is 9.97. The van der Waals surface area contributed by atoms with Gasteiger partial charge in [0.2, 0.25) is 0 Å². The van der Waals surface area contributed by atoms with E-state index in [0.717, 1.165) is 51.0 Å². The molecule has 3 N–H and O–H groups in total. The number of carbonyl (C=O) groups is 7. The molecule has 2 rings (SSSR count). The van der Waals surface area contributed by atoms with Crippen LogP contribution in [0.1, 0.15) is 108 Å². The number of hydrogen-bond donors (Lipinski definition) is 3. The molecule has 0 aromatic heterocycles. The Morgan fingerprint density at radius 2 is 1.16 bits per heavy atom. The molecule has 1 aliphatic rings. The third-order valence-corrected chi connectivity index (χ3v) is 6.62. The highest BCUT2D eigenvalue weighted by Gasteiger charge is 2.32. The zero-order chi connectivity index (χ0) is 34.1. The van der Waals surface area contributed by atoms with Crippen molar-refractivity contribution < 1.29 is 63.1 Å². The molecule has 1 aromatic carbocycles. The second-order valence-electron chi connectivity index (χ2n) is 10.5. The standard InChI is InChI=1S/C17H28O6.C15H12O7/c1-13(2)17(22)23-12-10-8-6-4-3-5-7-9-11-14(15(18)19)16(20)21;1-7(2)13(18)21-4-3-8-5-10-11(6-9(8)12(16)17)15(20)22-14(10)19/h14H,1,3-12H2,2H3,(H,18,19)(H,20,21);5-6H,1,3-4H2,2H3,(H,16,17). The molecule has 0 amide bonds. The molecule has 0 unspecified atom stereocenters. The van der Waals surface area contributed by atoms with Crippen LogP contribution in [0.3, 0.4) is 0 Å². The lowest BCUT2D eigenvalue weighted by molar-refractivity contribution is -0.155. The number of carboxylic acid groups (broad SMARTS) is 3. The molecule has 0 radical (unpaired) electrons. The maximum absolute atomic E-state index is 11.5. The fourth-order valence-electron chi connectivity index (χ4n) is 4.11. The van der Waals surface area contributed by atoms with Crippen LogP contribution in [0.15, 0.2) is 36.4 Å². The van der Waals surface area contributed by atoms with E-state index < -0.39 is 41.7 Å². The molecule has 1 aromatic rings. The van der Waals surface area contributed by atoms with E-state index in [-0.39, 0.29) is 53.2 Å². The first-order valence-corrected chi connectivity index (χ1v) is 14.4. The number of benzene rings is 1. The normalized spacial score (nSPS) is 11.5. The molecule has 0 fully saturated rings. The second kappa shape index (κ2) is 19.5. The number of hydrogen-bond acceptors (Lipinski definition) is 10. The van der Waals surface area contributed by atoms with E-state index in [2.05, 4.69) is 17.9 Å². The number of aromatic carboxylic acids is 1. The summed E-state index contributed by atoms with van der Waals surface area (Å²) in [6.07, 6.45) is 7.78. The molecule has 0 saturated carbocycles. The van der Waals surface area contributed by atoms with Gasteiger partial charge in [-0.2, -0.15) is 0 Å². The first-order valence-electron chi connectivity index (χ1n) is 14.4. The summed E-state index contributed by atoms with van der Waals surface area (Å²) in [5.41, 5.74) is 0.699. The van der Waals surface area contributed by atoms with Gasteiger partial charge in [0.05, 0.1) is 29.9 Å². The molecule has 0 aliphatic carbocycles. The van der Waals surface area contributed by atoms with Gasteiger partial charge >= 0.3 is 41.8 Å². The number of carbonyl (C=O) groups excluding carboxylic acids is 4. The number of aliphatic carboxylic acids is 2. The van der Waals surface area contributed by atoms with Gasteiger partial charge in [-0.05, 0) is 44.4 Å². The van der Waals surface area contributed by atoms with E-state index in [0.29, 0.717) is 18.6 Å². The molecule has 0 bridgehead atoms. The highest BCUT2D eigenvalue weighted by atomic mass is 16.6. The van der Waals surface area contributed by atoms with Crippen LogP contribution in [0.25, 0.3) is 0 Å². The van der Waals surface area contributed by atoms with Gasteiger partial charge < -0.3 is 29.5 Å². The smallest absolute Gasteiger partial charge is 0.346 e. The molecule has 1 heterocycles. The largest absolute Gasteiger partial charge is 0.481 e. The van der Waals surface area contributed by atoms with Gasteiger partial charge in [0.25, 0.3) is 0 Å². The van der Waals surface area contributed by atoms with Crippen LogP contribution in [-0.4, -0.2) is 70.3 Å². The Bertz CT molecular complexity index is 1290. The molecular formula is C32H40O13. The van der Waals surface area contributed by atoms with Crippen LogP contribution >= 0.6 is 0 Å². The molecular weight excluding hydrogens is 592 g/mol. The van der Waals surface area contributed by atoms with Crippen molar-refractivity contribution in [2.24, 2.45) is 5.92 Å².